The number of carbonyl (C=O) groups is 1. The summed E-state index contributed by atoms with van der Waals surface area (Å²) in [5.41, 5.74) is 1.94. The molecule has 0 aliphatic rings. The molecule has 0 bridgehead atoms. The number of carbonyl (C=O) groups excluding carboxylic acids is 1. The molecule has 0 aliphatic carbocycles. The molecule has 2 rings (SSSR count). The highest BCUT2D eigenvalue weighted by Gasteiger charge is 2.18. The van der Waals surface area contributed by atoms with Crippen molar-refractivity contribution in [3.8, 4) is 5.75 Å². The van der Waals surface area contributed by atoms with Gasteiger partial charge in [-0.3, -0.25) is 9.10 Å². The summed E-state index contributed by atoms with van der Waals surface area (Å²) in [6, 6.07) is 13.9. The molecule has 0 spiro atoms. The third-order valence-electron chi connectivity index (χ3n) is 4.34. The van der Waals surface area contributed by atoms with Crippen LogP contribution in [0.15, 0.2) is 61.2 Å². The molecule has 28 heavy (non-hydrogen) atoms. The molecule has 6 nitrogen and oxygen atoms in total. The molecule has 1 amide bonds. The van der Waals surface area contributed by atoms with Crippen molar-refractivity contribution in [2.45, 2.75) is 19.4 Å². The first kappa shape index (κ1) is 21.5. The lowest BCUT2D eigenvalue weighted by molar-refractivity contribution is 0.0935. The zero-order valence-electron chi connectivity index (χ0n) is 16.4. The summed E-state index contributed by atoms with van der Waals surface area (Å²) in [4.78, 5) is 12.6. The molecule has 0 aliphatic heterocycles. The first-order valence-corrected chi connectivity index (χ1v) is 10.8. The number of hydrogen-bond donors (Lipinski definition) is 1. The van der Waals surface area contributed by atoms with Crippen molar-refractivity contribution in [2.24, 2.45) is 0 Å². The second-order valence-electron chi connectivity index (χ2n) is 6.34. The third kappa shape index (κ3) is 5.36. The predicted molar refractivity (Wildman–Crippen MR) is 112 cm³/mol. The van der Waals surface area contributed by atoms with Gasteiger partial charge in [-0.25, -0.2) is 8.42 Å². The van der Waals surface area contributed by atoms with Gasteiger partial charge in [0.2, 0.25) is 10.0 Å². The second-order valence-corrected chi connectivity index (χ2v) is 8.24. The summed E-state index contributed by atoms with van der Waals surface area (Å²) >= 11 is 0. The van der Waals surface area contributed by atoms with Crippen LogP contribution in [0, 0.1) is 0 Å². The van der Waals surface area contributed by atoms with Gasteiger partial charge in [0.1, 0.15) is 5.75 Å². The molecular formula is C21H26N2O4S. The number of rotatable bonds is 9. The van der Waals surface area contributed by atoms with Crippen LogP contribution in [0.4, 0.5) is 5.69 Å². The summed E-state index contributed by atoms with van der Waals surface area (Å²) in [6.07, 6.45) is 3.39. The van der Waals surface area contributed by atoms with Gasteiger partial charge in [-0.2, -0.15) is 0 Å². The van der Waals surface area contributed by atoms with E-state index in [1.165, 1.54) is 10.4 Å². The van der Waals surface area contributed by atoms with Crippen LogP contribution in [0.2, 0.25) is 0 Å². The molecule has 1 atom stereocenters. The second kappa shape index (κ2) is 9.41. The van der Waals surface area contributed by atoms with Crippen molar-refractivity contribution in [1.82, 2.24) is 5.32 Å². The van der Waals surface area contributed by atoms with Crippen LogP contribution in [0.1, 0.15) is 35.3 Å². The van der Waals surface area contributed by atoms with E-state index >= 15 is 0 Å². The fraction of sp³-hybridized carbons (Fsp3) is 0.286. The fourth-order valence-corrected chi connectivity index (χ4v) is 3.71. The van der Waals surface area contributed by atoms with Crippen LogP contribution in [-0.4, -0.2) is 34.2 Å². The van der Waals surface area contributed by atoms with E-state index in [9.17, 15) is 13.2 Å². The number of ether oxygens (including phenoxy) is 1. The molecule has 0 aromatic heterocycles. The predicted octanol–water partition coefficient (Wildman–Crippen LogP) is 3.53. The Morgan fingerprint density at radius 1 is 1.18 bits per heavy atom. The minimum Gasteiger partial charge on any atom is -0.497 e. The lowest BCUT2D eigenvalue weighted by Crippen LogP contribution is -2.30. The van der Waals surface area contributed by atoms with Crippen LogP contribution in [-0.2, 0) is 10.0 Å². The van der Waals surface area contributed by atoms with E-state index < -0.39 is 10.0 Å². The standard InChI is InChI=1S/C21H26N2O4S/c1-5-15-23(28(4,25)26)18-11-7-17(8-12-18)21(24)22-20(6-2)16-9-13-19(27-3)14-10-16/h5,7-14,20H,1,6,15H2,2-4H3,(H,22,24). The molecular weight excluding hydrogens is 376 g/mol. The summed E-state index contributed by atoms with van der Waals surface area (Å²) in [5.74, 6) is 0.541. The molecule has 7 heteroatoms. The first-order chi connectivity index (χ1) is 13.3. The maximum absolute atomic E-state index is 12.6. The van der Waals surface area contributed by atoms with Crippen molar-refractivity contribution < 1.29 is 17.9 Å². The number of nitrogens with one attached hydrogen (secondary N) is 1. The van der Waals surface area contributed by atoms with E-state index in [1.807, 2.05) is 31.2 Å². The van der Waals surface area contributed by atoms with E-state index in [4.69, 9.17) is 4.74 Å². The van der Waals surface area contributed by atoms with Gasteiger partial charge >= 0.3 is 0 Å². The highest BCUT2D eigenvalue weighted by Crippen LogP contribution is 2.22. The van der Waals surface area contributed by atoms with Gasteiger partial charge in [-0.15, -0.1) is 6.58 Å². The van der Waals surface area contributed by atoms with E-state index in [0.29, 0.717) is 11.3 Å². The Labute approximate surface area is 166 Å². The smallest absolute Gasteiger partial charge is 0.251 e. The lowest BCUT2D eigenvalue weighted by atomic mass is 10.0. The number of sulfonamides is 1. The van der Waals surface area contributed by atoms with Crippen LogP contribution < -0.4 is 14.4 Å². The number of benzene rings is 2. The Kier molecular flexibility index (Phi) is 7.23. The van der Waals surface area contributed by atoms with Crippen molar-refractivity contribution in [1.29, 1.82) is 0 Å². The molecule has 0 fully saturated rings. The van der Waals surface area contributed by atoms with Gasteiger partial charge in [-0.1, -0.05) is 25.1 Å². The normalized spacial score (nSPS) is 12.1. The molecule has 0 radical (unpaired) electrons. The van der Waals surface area contributed by atoms with Gasteiger partial charge in [-0.05, 0) is 48.4 Å². The van der Waals surface area contributed by atoms with E-state index in [-0.39, 0.29) is 18.5 Å². The Bertz CT molecular complexity index is 906. The van der Waals surface area contributed by atoms with Crippen molar-refractivity contribution in [3.63, 3.8) is 0 Å². The summed E-state index contributed by atoms with van der Waals surface area (Å²) in [5, 5.41) is 3.01. The highest BCUT2D eigenvalue weighted by molar-refractivity contribution is 7.92. The average molecular weight is 403 g/mol. The van der Waals surface area contributed by atoms with Crippen LogP contribution in [0.5, 0.6) is 5.75 Å². The number of anilines is 1. The molecule has 1 unspecified atom stereocenters. The third-order valence-corrected chi connectivity index (χ3v) is 5.51. The summed E-state index contributed by atoms with van der Waals surface area (Å²) < 4.78 is 30.2. The van der Waals surface area contributed by atoms with E-state index in [0.717, 1.165) is 24.0 Å². The maximum atomic E-state index is 12.6. The maximum Gasteiger partial charge on any atom is 0.251 e. The molecule has 1 N–H and O–H groups in total. The van der Waals surface area contributed by atoms with Crippen LogP contribution >= 0.6 is 0 Å². The SMILES string of the molecule is C=CCN(c1ccc(C(=O)NC(CC)c2ccc(OC)cc2)cc1)S(C)(=O)=O. The highest BCUT2D eigenvalue weighted by atomic mass is 32.2. The molecule has 2 aromatic carbocycles. The lowest BCUT2D eigenvalue weighted by Gasteiger charge is -2.21. The number of methoxy groups -OCH3 is 1. The average Bonchev–Trinajstić information content (AvgIpc) is 2.69. The first-order valence-electron chi connectivity index (χ1n) is 8.93. The minimum atomic E-state index is -3.43. The molecule has 150 valence electrons. The number of amides is 1. The van der Waals surface area contributed by atoms with Gasteiger partial charge in [0.15, 0.2) is 0 Å². The van der Waals surface area contributed by atoms with Gasteiger partial charge in [0, 0.05) is 5.56 Å². The van der Waals surface area contributed by atoms with Crippen molar-refractivity contribution in [3.05, 3.63) is 72.3 Å². The zero-order valence-corrected chi connectivity index (χ0v) is 17.2. The van der Waals surface area contributed by atoms with Crippen molar-refractivity contribution in [2.75, 3.05) is 24.2 Å². The minimum absolute atomic E-state index is 0.133. The fourth-order valence-electron chi connectivity index (χ4n) is 2.83. The molecule has 0 saturated carbocycles. The van der Waals surface area contributed by atoms with E-state index in [1.54, 1.807) is 31.4 Å². The van der Waals surface area contributed by atoms with Gasteiger partial charge in [0.25, 0.3) is 5.91 Å². The summed E-state index contributed by atoms with van der Waals surface area (Å²) in [7, 11) is -1.82. The Morgan fingerprint density at radius 2 is 1.79 bits per heavy atom. The number of nitrogens with zero attached hydrogens (tertiary/aromatic N) is 1. The molecule has 0 heterocycles. The van der Waals surface area contributed by atoms with Gasteiger partial charge < -0.3 is 10.1 Å². The number of hydrogen-bond acceptors (Lipinski definition) is 4. The Balaban J connectivity index is 2.15. The largest absolute Gasteiger partial charge is 0.497 e. The quantitative estimate of drug-likeness (QED) is 0.651. The molecule has 0 saturated heterocycles. The van der Waals surface area contributed by atoms with Crippen molar-refractivity contribution >= 4 is 21.6 Å². The zero-order chi connectivity index (χ0) is 20.7. The van der Waals surface area contributed by atoms with Crippen LogP contribution in [0.3, 0.4) is 0 Å². The van der Waals surface area contributed by atoms with Gasteiger partial charge in [0.05, 0.1) is 31.6 Å². The van der Waals surface area contributed by atoms with Crippen LogP contribution in [0.25, 0.3) is 0 Å². The monoisotopic (exact) mass is 402 g/mol. The Hall–Kier alpha value is -2.80. The topological polar surface area (TPSA) is 75.7 Å². The van der Waals surface area contributed by atoms with E-state index in [2.05, 4.69) is 11.9 Å². The summed E-state index contributed by atoms with van der Waals surface area (Å²) in [6.45, 7) is 5.75. The Morgan fingerprint density at radius 3 is 2.25 bits per heavy atom. The molecule has 2 aromatic rings.